The first-order valence-electron chi connectivity index (χ1n) is 8.82. The summed E-state index contributed by atoms with van der Waals surface area (Å²) in [5.74, 6) is -0.783. The first-order valence-corrected chi connectivity index (χ1v) is 10.5. The van der Waals surface area contributed by atoms with E-state index in [1.807, 2.05) is 6.92 Å². The lowest BCUT2D eigenvalue weighted by atomic mass is 9.87. The Morgan fingerprint density at radius 3 is 2.68 bits per heavy atom. The van der Waals surface area contributed by atoms with E-state index in [1.54, 1.807) is 39.8 Å². The van der Waals surface area contributed by atoms with Crippen molar-refractivity contribution in [1.29, 1.82) is 0 Å². The standard InChI is InChI=1S/C19H24BrFN2O4S/c1-6-26-15(24)14-10-19(5,11-7-8-13(21)12(20)9-11)23-16(28-14)22-17(25)27-18(2,3)4/h7-9,14H,6,10H2,1-5H3,(H,22,23,25). The summed E-state index contributed by atoms with van der Waals surface area (Å²) in [5.41, 5.74) is -0.822. The van der Waals surface area contributed by atoms with Crippen LogP contribution in [0.15, 0.2) is 27.7 Å². The maximum absolute atomic E-state index is 13.7. The third-order valence-electron chi connectivity index (χ3n) is 3.88. The predicted octanol–water partition coefficient (Wildman–Crippen LogP) is 4.75. The van der Waals surface area contributed by atoms with Gasteiger partial charge in [0.05, 0.1) is 16.6 Å². The number of thioether (sulfide) groups is 1. The van der Waals surface area contributed by atoms with Gasteiger partial charge in [0.1, 0.15) is 16.7 Å². The van der Waals surface area contributed by atoms with Crippen molar-refractivity contribution in [3.8, 4) is 0 Å². The molecule has 0 bridgehead atoms. The second kappa shape index (κ2) is 8.82. The van der Waals surface area contributed by atoms with Crippen LogP contribution >= 0.6 is 27.7 Å². The second-order valence-electron chi connectivity index (χ2n) is 7.51. The number of carbonyl (C=O) groups excluding carboxylic acids is 2. The Labute approximate surface area is 176 Å². The largest absolute Gasteiger partial charge is 0.465 e. The zero-order chi connectivity index (χ0) is 21.1. The number of amidine groups is 1. The van der Waals surface area contributed by atoms with Gasteiger partial charge in [0.2, 0.25) is 0 Å². The lowest BCUT2D eigenvalue weighted by Crippen LogP contribution is -2.42. The minimum Gasteiger partial charge on any atom is -0.465 e. The summed E-state index contributed by atoms with van der Waals surface area (Å²) in [7, 11) is 0. The van der Waals surface area contributed by atoms with E-state index in [2.05, 4.69) is 26.2 Å². The van der Waals surface area contributed by atoms with Crippen LogP contribution in [0.2, 0.25) is 0 Å². The van der Waals surface area contributed by atoms with Crippen molar-refractivity contribution in [3.05, 3.63) is 34.1 Å². The van der Waals surface area contributed by atoms with Gasteiger partial charge >= 0.3 is 12.1 Å². The van der Waals surface area contributed by atoms with Crippen LogP contribution in [0.3, 0.4) is 0 Å². The van der Waals surface area contributed by atoms with E-state index in [-0.39, 0.29) is 11.8 Å². The molecule has 1 aromatic rings. The van der Waals surface area contributed by atoms with E-state index >= 15 is 0 Å². The highest BCUT2D eigenvalue weighted by molar-refractivity contribution is 9.10. The van der Waals surface area contributed by atoms with E-state index in [9.17, 15) is 14.0 Å². The summed E-state index contributed by atoms with van der Waals surface area (Å²) in [5, 5.41) is 2.29. The smallest absolute Gasteiger partial charge is 0.413 e. The van der Waals surface area contributed by atoms with Crippen LogP contribution in [-0.4, -0.2) is 34.7 Å². The van der Waals surface area contributed by atoms with Gasteiger partial charge in [-0.05, 0) is 74.7 Å². The molecule has 154 valence electrons. The number of nitrogens with zero attached hydrogens (tertiary/aromatic N) is 1. The first kappa shape index (κ1) is 22.7. The number of rotatable bonds is 3. The van der Waals surface area contributed by atoms with Crippen molar-refractivity contribution in [2.24, 2.45) is 4.99 Å². The third-order valence-corrected chi connectivity index (χ3v) is 5.55. The van der Waals surface area contributed by atoms with E-state index < -0.39 is 34.3 Å². The number of nitrogens with one attached hydrogen (secondary N) is 1. The van der Waals surface area contributed by atoms with Crippen molar-refractivity contribution < 1.29 is 23.5 Å². The molecule has 0 fully saturated rings. The quantitative estimate of drug-likeness (QED) is 0.639. The van der Waals surface area contributed by atoms with Gasteiger partial charge in [0, 0.05) is 0 Å². The molecule has 0 aromatic heterocycles. The van der Waals surface area contributed by atoms with E-state index in [0.717, 1.165) is 11.8 Å². The van der Waals surface area contributed by atoms with Gasteiger partial charge in [-0.1, -0.05) is 17.8 Å². The number of hydrogen-bond acceptors (Lipinski definition) is 6. The monoisotopic (exact) mass is 474 g/mol. The molecule has 1 aliphatic rings. The van der Waals surface area contributed by atoms with E-state index in [4.69, 9.17) is 9.47 Å². The highest BCUT2D eigenvalue weighted by atomic mass is 79.9. The molecule has 0 saturated carbocycles. The summed E-state index contributed by atoms with van der Waals surface area (Å²) in [6.45, 7) is 9.07. The van der Waals surface area contributed by atoms with Gasteiger partial charge in [-0.15, -0.1) is 0 Å². The Hall–Kier alpha value is -1.61. The maximum Gasteiger partial charge on any atom is 0.413 e. The molecule has 1 aliphatic heterocycles. The van der Waals surface area contributed by atoms with Crippen molar-refractivity contribution in [2.45, 2.75) is 57.4 Å². The number of carbonyl (C=O) groups is 2. The predicted molar refractivity (Wildman–Crippen MR) is 111 cm³/mol. The summed E-state index contributed by atoms with van der Waals surface area (Å²) in [6, 6.07) is 4.58. The van der Waals surface area contributed by atoms with Gasteiger partial charge < -0.3 is 9.47 Å². The molecule has 28 heavy (non-hydrogen) atoms. The van der Waals surface area contributed by atoms with Gasteiger partial charge in [0.25, 0.3) is 0 Å². The van der Waals surface area contributed by atoms with Gasteiger partial charge in [-0.2, -0.15) is 0 Å². The number of halogens is 2. The zero-order valence-electron chi connectivity index (χ0n) is 16.5. The fourth-order valence-corrected chi connectivity index (χ4v) is 4.28. The molecule has 0 spiro atoms. The van der Waals surface area contributed by atoms with Crippen molar-refractivity contribution >= 4 is 44.9 Å². The van der Waals surface area contributed by atoms with E-state index in [1.165, 1.54) is 6.07 Å². The third kappa shape index (κ3) is 5.94. The van der Waals surface area contributed by atoms with Crippen LogP contribution in [0.1, 0.15) is 46.6 Å². The van der Waals surface area contributed by atoms with Gasteiger partial charge in [-0.25, -0.2) is 9.18 Å². The van der Waals surface area contributed by atoms with Crippen LogP contribution in [0, 0.1) is 5.82 Å². The molecule has 1 N–H and O–H groups in total. The maximum atomic E-state index is 13.7. The highest BCUT2D eigenvalue weighted by Crippen LogP contribution is 2.40. The summed E-state index contributed by atoms with van der Waals surface area (Å²) >= 11 is 4.30. The topological polar surface area (TPSA) is 77.0 Å². The van der Waals surface area contributed by atoms with Gasteiger partial charge in [-0.3, -0.25) is 15.1 Å². The molecule has 0 aliphatic carbocycles. The van der Waals surface area contributed by atoms with Gasteiger partial charge in [0.15, 0.2) is 5.17 Å². The Morgan fingerprint density at radius 2 is 2.11 bits per heavy atom. The van der Waals surface area contributed by atoms with Crippen LogP contribution in [0.4, 0.5) is 9.18 Å². The molecule has 0 radical (unpaired) electrons. The second-order valence-corrected chi connectivity index (χ2v) is 9.56. The Balaban J connectivity index is 2.36. The van der Waals surface area contributed by atoms with Crippen molar-refractivity contribution in [3.63, 3.8) is 0 Å². The number of alkyl carbamates (subject to hydrolysis) is 1. The zero-order valence-corrected chi connectivity index (χ0v) is 18.9. The average Bonchev–Trinajstić information content (AvgIpc) is 2.55. The van der Waals surface area contributed by atoms with Crippen molar-refractivity contribution in [1.82, 2.24) is 5.32 Å². The van der Waals surface area contributed by atoms with Crippen LogP contribution in [0.25, 0.3) is 0 Å². The normalized spacial score (nSPS) is 22.2. The lowest BCUT2D eigenvalue weighted by Gasteiger charge is -2.34. The number of ether oxygens (including phenoxy) is 2. The Bertz CT molecular complexity index is 797. The average molecular weight is 475 g/mol. The SMILES string of the molecule is CCOC(=O)C1CC(C)(c2ccc(F)c(Br)c2)N=C(NC(=O)OC(C)(C)C)S1. The van der Waals surface area contributed by atoms with Crippen LogP contribution in [-0.2, 0) is 19.8 Å². The molecule has 1 amide bonds. The number of esters is 1. The number of benzene rings is 1. The molecular formula is C19H24BrFN2O4S. The van der Waals surface area contributed by atoms with E-state index in [0.29, 0.717) is 16.5 Å². The fraction of sp³-hybridized carbons (Fsp3) is 0.526. The van der Waals surface area contributed by atoms with Crippen LogP contribution < -0.4 is 5.32 Å². The Morgan fingerprint density at radius 1 is 1.43 bits per heavy atom. The lowest BCUT2D eigenvalue weighted by molar-refractivity contribution is -0.142. The molecule has 2 atom stereocenters. The molecule has 0 saturated heterocycles. The minimum absolute atomic E-state index is 0.251. The summed E-state index contributed by atoms with van der Waals surface area (Å²) in [4.78, 5) is 29.2. The number of amides is 1. The van der Waals surface area contributed by atoms with Crippen molar-refractivity contribution in [2.75, 3.05) is 6.61 Å². The van der Waals surface area contributed by atoms with Crippen LogP contribution in [0.5, 0.6) is 0 Å². The highest BCUT2D eigenvalue weighted by Gasteiger charge is 2.40. The molecular weight excluding hydrogens is 451 g/mol. The molecule has 6 nitrogen and oxygen atoms in total. The molecule has 1 aromatic carbocycles. The summed E-state index contributed by atoms with van der Waals surface area (Å²) < 4.78 is 24.4. The minimum atomic E-state index is -0.858. The Kier molecular flexibility index (Phi) is 7.14. The molecule has 1 heterocycles. The summed E-state index contributed by atoms with van der Waals surface area (Å²) in [6.07, 6.45) is -0.320. The first-order chi connectivity index (χ1) is 12.9. The molecule has 2 rings (SSSR count). The molecule has 2 unspecified atom stereocenters. The fourth-order valence-electron chi connectivity index (χ4n) is 2.66. The molecule has 9 heteroatoms. The number of hydrogen-bond donors (Lipinski definition) is 1. The number of aliphatic imine (C=N–C) groups is 1.